The van der Waals surface area contributed by atoms with Crippen LogP contribution in [0.3, 0.4) is 0 Å². The van der Waals surface area contributed by atoms with Gasteiger partial charge in [0, 0.05) is 30.6 Å². The first-order valence-electron chi connectivity index (χ1n) is 9.94. The zero-order valence-electron chi connectivity index (χ0n) is 15.9. The molecule has 0 spiro atoms. The molecule has 0 atom stereocenters. The lowest BCUT2D eigenvalue weighted by atomic mass is 9.82. The molecule has 146 valence electrons. The van der Waals surface area contributed by atoms with Crippen LogP contribution in [0.5, 0.6) is 0 Å². The molecule has 0 radical (unpaired) electrons. The molecule has 1 aromatic heterocycles. The Bertz CT molecular complexity index is 730. The van der Waals surface area contributed by atoms with Crippen LogP contribution in [0.4, 0.5) is 11.6 Å². The number of rotatable bonds is 4. The summed E-state index contributed by atoms with van der Waals surface area (Å²) in [5, 5.41) is 14.6. The van der Waals surface area contributed by atoms with Crippen LogP contribution < -0.4 is 10.6 Å². The number of anilines is 2. The average Bonchev–Trinajstić information content (AvgIpc) is 2.74. The van der Waals surface area contributed by atoms with Crippen LogP contribution in [0.2, 0.25) is 0 Å². The Morgan fingerprint density at radius 1 is 0.964 bits per heavy atom. The second kappa shape index (κ2) is 9.32. The number of hydrogen-bond donors (Lipinski definition) is 2. The highest BCUT2D eigenvalue weighted by Crippen LogP contribution is 2.29. The van der Waals surface area contributed by atoms with Crippen LogP contribution in [0, 0.1) is 35.7 Å². The smallest absolute Gasteiger partial charge is 0.228 e. The van der Waals surface area contributed by atoms with Crippen LogP contribution in [0.1, 0.15) is 51.4 Å². The summed E-state index contributed by atoms with van der Waals surface area (Å²) in [6.45, 7) is 7.09. The van der Waals surface area contributed by atoms with Crippen molar-refractivity contribution < 1.29 is 9.59 Å². The van der Waals surface area contributed by atoms with Gasteiger partial charge in [-0.2, -0.15) is 5.26 Å². The molecular weight excluding hydrogens is 354 g/mol. The molecular formula is C21H25N5O2. The Kier molecular flexibility index (Phi) is 6.60. The van der Waals surface area contributed by atoms with Gasteiger partial charge in [0.05, 0.1) is 6.07 Å². The molecule has 7 heteroatoms. The second-order valence-corrected chi connectivity index (χ2v) is 7.70. The second-order valence-electron chi connectivity index (χ2n) is 7.70. The van der Waals surface area contributed by atoms with Crippen molar-refractivity contribution in [2.24, 2.45) is 17.8 Å². The average molecular weight is 379 g/mol. The third kappa shape index (κ3) is 5.07. The summed E-state index contributed by atoms with van der Waals surface area (Å²) in [6.07, 6.45) is 5.92. The highest BCUT2D eigenvalue weighted by Gasteiger charge is 2.29. The quantitative estimate of drug-likeness (QED) is 0.778. The molecule has 1 heterocycles. The lowest BCUT2D eigenvalue weighted by Gasteiger charge is -2.23. The Hall–Kier alpha value is -2.93. The van der Waals surface area contributed by atoms with E-state index in [4.69, 9.17) is 11.8 Å². The molecule has 2 N–H and O–H groups in total. The van der Waals surface area contributed by atoms with Crippen molar-refractivity contribution in [2.45, 2.75) is 57.4 Å². The summed E-state index contributed by atoms with van der Waals surface area (Å²) >= 11 is 0. The minimum Gasteiger partial charge on any atom is -0.314 e. The first kappa shape index (κ1) is 19.8. The van der Waals surface area contributed by atoms with Crippen molar-refractivity contribution in [1.82, 2.24) is 4.98 Å². The first-order valence-corrected chi connectivity index (χ1v) is 9.94. The molecule has 1 aromatic rings. The molecule has 2 aliphatic carbocycles. The van der Waals surface area contributed by atoms with E-state index in [2.05, 4.69) is 26.5 Å². The third-order valence-corrected chi connectivity index (χ3v) is 5.78. The van der Waals surface area contributed by atoms with Gasteiger partial charge in [0.15, 0.2) is 0 Å². The number of aromatic nitrogens is 1. The molecule has 2 fully saturated rings. The van der Waals surface area contributed by atoms with Crippen molar-refractivity contribution in [3.8, 4) is 6.07 Å². The number of nitrogens with zero attached hydrogens (tertiary/aromatic N) is 3. The SMILES string of the molecule is [C-]#[N+]C1CCC(C(=O)Nc2cccc(NC(=O)C3CCC(C#N)CC3)n2)CC1. The molecule has 2 aliphatic rings. The normalized spacial score (nSPS) is 27.1. The molecule has 0 bridgehead atoms. The maximum absolute atomic E-state index is 12.5. The van der Waals surface area contributed by atoms with Gasteiger partial charge < -0.3 is 15.5 Å². The Morgan fingerprint density at radius 3 is 1.93 bits per heavy atom. The van der Waals surface area contributed by atoms with E-state index in [0.717, 1.165) is 38.5 Å². The first-order chi connectivity index (χ1) is 13.6. The Morgan fingerprint density at radius 2 is 1.46 bits per heavy atom. The van der Waals surface area contributed by atoms with Gasteiger partial charge in [0.2, 0.25) is 17.9 Å². The van der Waals surface area contributed by atoms with E-state index in [1.165, 1.54) is 0 Å². The van der Waals surface area contributed by atoms with Gasteiger partial charge in [-0.05, 0) is 50.7 Å². The van der Waals surface area contributed by atoms with Gasteiger partial charge in [-0.25, -0.2) is 11.6 Å². The van der Waals surface area contributed by atoms with Crippen LogP contribution >= 0.6 is 0 Å². The number of carbonyl (C=O) groups is 2. The van der Waals surface area contributed by atoms with E-state index < -0.39 is 0 Å². The van der Waals surface area contributed by atoms with E-state index in [0.29, 0.717) is 24.5 Å². The number of nitrogens with one attached hydrogen (secondary N) is 2. The number of hydrogen-bond acceptors (Lipinski definition) is 4. The molecule has 0 aliphatic heterocycles. The summed E-state index contributed by atoms with van der Waals surface area (Å²) < 4.78 is 0. The molecule has 0 unspecified atom stereocenters. The van der Waals surface area contributed by atoms with Gasteiger partial charge in [0.1, 0.15) is 11.6 Å². The largest absolute Gasteiger partial charge is 0.314 e. The number of carbonyl (C=O) groups excluding carboxylic acids is 2. The molecule has 0 aromatic carbocycles. The summed E-state index contributed by atoms with van der Waals surface area (Å²) in [6, 6.07) is 7.48. The van der Waals surface area contributed by atoms with Crippen molar-refractivity contribution in [2.75, 3.05) is 10.6 Å². The highest BCUT2D eigenvalue weighted by atomic mass is 16.2. The lowest BCUT2D eigenvalue weighted by Crippen LogP contribution is -2.29. The van der Waals surface area contributed by atoms with Gasteiger partial charge in [-0.3, -0.25) is 9.59 Å². The minimum absolute atomic E-state index is 0.0453. The van der Waals surface area contributed by atoms with E-state index in [-0.39, 0.29) is 35.6 Å². The van der Waals surface area contributed by atoms with Crippen LogP contribution in [0.15, 0.2) is 18.2 Å². The molecule has 3 rings (SSSR count). The van der Waals surface area contributed by atoms with Crippen molar-refractivity contribution in [3.63, 3.8) is 0 Å². The zero-order valence-corrected chi connectivity index (χ0v) is 15.9. The monoisotopic (exact) mass is 379 g/mol. The van der Waals surface area contributed by atoms with Gasteiger partial charge in [0.25, 0.3) is 0 Å². The van der Waals surface area contributed by atoms with E-state index in [9.17, 15) is 9.59 Å². The van der Waals surface area contributed by atoms with E-state index in [1.807, 2.05) is 0 Å². The number of pyridine rings is 1. The number of nitriles is 1. The van der Waals surface area contributed by atoms with Crippen LogP contribution in [-0.2, 0) is 9.59 Å². The third-order valence-electron chi connectivity index (χ3n) is 5.78. The number of amides is 2. The highest BCUT2D eigenvalue weighted by molar-refractivity contribution is 5.93. The fourth-order valence-corrected chi connectivity index (χ4v) is 3.98. The molecule has 2 amide bonds. The summed E-state index contributed by atoms with van der Waals surface area (Å²) in [5.41, 5.74) is 0. The van der Waals surface area contributed by atoms with Crippen molar-refractivity contribution >= 4 is 23.5 Å². The summed E-state index contributed by atoms with van der Waals surface area (Å²) in [7, 11) is 0. The molecule has 28 heavy (non-hydrogen) atoms. The molecule has 2 saturated carbocycles. The molecule has 0 saturated heterocycles. The maximum Gasteiger partial charge on any atom is 0.228 e. The zero-order chi connectivity index (χ0) is 19.9. The van der Waals surface area contributed by atoms with Gasteiger partial charge in [-0.1, -0.05) is 6.07 Å². The van der Waals surface area contributed by atoms with Gasteiger partial charge in [-0.15, -0.1) is 0 Å². The topological polar surface area (TPSA) is 99.2 Å². The molecule has 7 nitrogen and oxygen atoms in total. The van der Waals surface area contributed by atoms with Gasteiger partial charge >= 0.3 is 0 Å². The minimum atomic E-state index is -0.0951. The predicted molar refractivity (Wildman–Crippen MR) is 105 cm³/mol. The fourth-order valence-electron chi connectivity index (χ4n) is 3.98. The van der Waals surface area contributed by atoms with Crippen LogP contribution in [0.25, 0.3) is 4.85 Å². The summed E-state index contributed by atoms with van der Waals surface area (Å²) in [4.78, 5) is 32.8. The van der Waals surface area contributed by atoms with Crippen molar-refractivity contribution in [3.05, 3.63) is 29.6 Å². The van der Waals surface area contributed by atoms with E-state index >= 15 is 0 Å². The Balaban J connectivity index is 1.53. The maximum atomic E-state index is 12.5. The fraction of sp³-hybridized carbons (Fsp3) is 0.571. The standard InChI is InChI=1S/C21H25N5O2/c1-23-17-11-9-16(10-12-17)21(28)26-19-4-2-3-18(24-19)25-20(27)15-7-5-14(13-22)6-8-15/h2-4,14-17H,5-12H2,(H2,24,25,26,27,28). The van der Waals surface area contributed by atoms with Crippen LogP contribution in [-0.4, -0.2) is 22.8 Å². The summed E-state index contributed by atoms with van der Waals surface area (Å²) in [5.74, 6) is 0.561. The predicted octanol–water partition coefficient (Wildman–Crippen LogP) is 3.77. The lowest BCUT2D eigenvalue weighted by molar-refractivity contribution is -0.121. The van der Waals surface area contributed by atoms with Crippen molar-refractivity contribution in [1.29, 1.82) is 5.26 Å². The van der Waals surface area contributed by atoms with E-state index in [1.54, 1.807) is 18.2 Å². The Labute approximate surface area is 165 Å².